The van der Waals surface area contributed by atoms with Crippen molar-refractivity contribution in [2.45, 2.75) is 19.8 Å². The Kier molecular flexibility index (Phi) is 5.51. The largest absolute Gasteiger partial charge is 0.372 e. The summed E-state index contributed by atoms with van der Waals surface area (Å²) in [6.07, 6.45) is 4.08. The second-order valence-electron chi connectivity index (χ2n) is 6.91. The lowest BCUT2D eigenvalue weighted by molar-refractivity contribution is -0.114. The minimum atomic E-state index is -0.102. The maximum atomic E-state index is 11.1. The van der Waals surface area contributed by atoms with Gasteiger partial charge in [-0.15, -0.1) is 5.10 Å². The van der Waals surface area contributed by atoms with Crippen LogP contribution in [-0.2, 0) is 4.79 Å². The highest BCUT2D eigenvalue weighted by molar-refractivity contribution is 5.88. The Bertz CT molecular complexity index is 967. The van der Waals surface area contributed by atoms with Crippen molar-refractivity contribution in [3.8, 4) is 0 Å². The zero-order valence-corrected chi connectivity index (χ0v) is 16.2. The number of nitrogens with one attached hydrogen (secondary N) is 3. The van der Waals surface area contributed by atoms with Crippen LogP contribution in [0.15, 0.2) is 54.7 Å². The highest BCUT2D eigenvalue weighted by atomic mass is 16.1. The van der Waals surface area contributed by atoms with E-state index in [1.807, 2.05) is 36.4 Å². The Balaban J connectivity index is 1.40. The molecular weight excluding hydrogens is 366 g/mol. The topological polar surface area (TPSA) is 95.1 Å². The van der Waals surface area contributed by atoms with Crippen molar-refractivity contribution in [3.63, 3.8) is 0 Å². The van der Waals surface area contributed by atoms with Gasteiger partial charge >= 0.3 is 0 Å². The van der Waals surface area contributed by atoms with Crippen molar-refractivity contribution in [1.29, 1.82) is 0 Å². The molecule has 8 heteroatoms. The first-order chi connectivity index (χ1) is 14.2. The van der Waals surface area contributed by atoms with E-state index in [-0.39, 0.29) is 5.91 Å². The van der Waals surface area contributed by atoms with Crippen molar-refractivity contribution in [2.24, 2.45) is 0 Å². The van der Waals surface area contributed by atoms with E-state index in [1.54, 1.807) is 6.20 Å². The predicted octanol–water partition coefficient (Wildman–Crippen LogP) is 3.92. The predicted molar refractivity (Wildman–Crippen MR) is 115 cm³/mol. The smallest absolute Gasteiger partial charge is 0.249 e. The lowest BCUT2D eigenvalue weighted by atomic mass is 10.2. The van der Waals surface area contributed by atoms with Gasteiger partial charge in [-0.3, -0.25) is 4.79 Å². The molecule has 148 valence electrons. The molecule has 1 aliphatic heterocycles. The number of rotatable bonds is 6. The van der Waals surface area contributed by atoms with Crippen molar-refractivity contribution < 1.29 is 4.79 Å². The Morgan fingerprint density at radius 2 is 1.52 bits per heavy atom. The Morgan fingerprint density at radius 1 is 0.897 bits per heavy atom. The first kappa shape index (κ1) is 18.7. The Hall–Kier alpha value is -3.68. The standard InChI is InChI=1S/C21H23N7O/c1-15(29)23-16-4-6-17(7-5-16)24-20-14-22-27-21(26-20)25-18-8-10-19(11-9-18)28-12-2-3-13-28/h4-11,14H,2-3,12-13H2,1H3,(H,23,29)(H2,24,25,26,27). The maximum absolute atomic E-state index is 11.1. The van der Waals surface area contributed by atoms with Crippen LogP contribution in [0.5, 0.6) is 0 Å². The van der Waals surface area contributed by atoms with E-state index in [1.165, 1.54) is 25.5 Å². The van der Waals surface area contributed by atoms with Crippen LogP contribution < -0.4 is 20.9 Å². The van der Waals surface area contributed by atoms with Gasteiger partial charge in [0.1, 0.15) is 0 Å². The van der Waals surface area contributed by atoms with Crippen LogP contribution in [0.2, 0.25) is 0 Å². The van der Waals surface area contributed by atoms with Crippen LogP contribution in [0, 0.1) is 0 Å². The number of aromatic nitrogens is 3. The zero-order chi connectivity index (χ0) is 20.1. The minimum absolute atomic E-state index is 0.102. The summed E-state index contributed by atoms with van der Waals surface area (Å²) in [5.74, 6) is 0.886. The summed E-state index contributed by atoms with van der Waals surface area (Å²) < 4.78 is 0. The molecule has 0 bridgehead atoms. The molecule has 0 unspecified atom stereocenters. The van der Waals surface area contributed by atoms with Crippen LogP contribution >= 0.6 is 0 Å². The molecule has 4 rings (SSSR count). The molecule has 3 aromatic rings. The molecule has 29 heavy (non-hydrogen) atoms. The van der Waals surface area contributed by atoms with Gasteiger partial charge in [-0.2, -0.15) is 10.1 Å². The number of carbonyl (C=O) groups excluding carboxylic acids is 1. The highest BCUT2D eigenvalue weighted by Gasteiger charge is 2.12. The molecule has 1 aliphatic rings. The van der Waals surface area contributed by atoms with E-state index in [0.29, 0.717) is 11.8 Å². The summed E-state index contributed by atoms with van der Waals surface area (Å²) in [5.41, 5.74) is 3.72. The molecule has 3 N–H and O–H groups in total. The number of amides is 1. The second-order valence-corrected chi connectivity index (χ2v) is 6.91. The van der Waals surface area contributed by atoms with E-state index in [9.17, 15) is 4.79 Å². The van der Waals surface area contributed by atoms with Gasteiger partial charge in [-0.25, -0.2) is 0 Å². The third-order valence-electron chi connectivity index (χ3n) is 4.63. The van der Waals surface area contributed by atoms with E-state index in [2.05, 4.69) is 48.2 Å². The fourth-order valence-electron chi connectivity index (χ4n) is 3.26. The van der Waals surface area contributed by atoms with Gasteiger partial charge in [-0.05, 0) is 61.4 Å². The van der Waals surface area contributed by atoms with Crippen LogP contribution in [0.4, 0.5) is 34.5 Å². The summed E-state index contributed by atoms with van der Waals surface area (Å²) >= 11 is 0. The van der Waals surface area contributed by atoms with Crippen LogP contribution in [-0.4, -0.2) is 34.2 Å². The fourth-order valence-corrected chi connectivity index (χ4v) is 3.26. The normalized spacial score (nSPS) is 13.2. The van der Waals surface area contributed by atoms with Crippen LogP contribution in [0.3, 0.4) is 0 Å². The third-order valence-corrected chi connectivity index (χ3v) is 4.63. The molecule has 2 aromatic carbocycles. The third kappa shape index (κ3) is 4.98. The number of benzene rings is 2. The number of nitrogens with zero attached hydrogens (tertiary/aromatic N) is 4. The van der Waals surface area contributed by atoms with Gasteiger partial charge in [0.25, 0.3) is 0 Å². The summed E-state index contributed by atoms with van der Waals surface area (Å²) in [6.45, 7) is 3.73. The lowest BCUT2D eigenvalue weighted by Crippen LogP contribution is -2.17. The molecule has 0 atom stereocenters. The van der Waals surface area contributed by atoms with Gasteiger partial charge in [-0.1, -0.05) is 0 Å². The average Bonchev–Trinajstić information content (AvgIpc) is 3.25. The molecular formula is C21H23N7O. The summed E-state index contributed by atoms with van der Waals surface area (Å²) in [7, 11) is 0. The maximum Gasteiger partial charge on any atom is 0.249 e. The first-order valence-corrected chi connectivity index (χ1v) is 9.62. The van der Waals surface area contributed by atoms with Gasteiger partial charge < -0.3 is 20.9 Å². The van der Waals surface area contributed by atoms with Crippen molar-refractivity contribution in [1.82, 2.24) is 15.2 Å². The fraction of sp³-hybridized carbons (Fsp3) is 0.238. The zero-order valence-electron chi connectivity index (χ0n) is 16.2. The molecule has 1 fully saturated rings. The van der Waals surface area contributed by atoms with E-state index < -0.39 is 0 Å². The van der Waals surface area contributed by atoms with Crippen LogP contribution in [0.1, 0.15) is 19.8 Å². The van der Waals surface area contributed by atoms with Crippen molar-refractivity contribution in [3.05, 3.63) is 54.7 Å². The van der Waals surface area contributed by atoms with Gasteiger partial charge in [0.2, 0.25) is 11.9 Å². The lowest BCUT2D eigenvalue weighted by Gasteiger charge is -2.17. The molecule has 8 nitrogen and oxygen atoms in total. The van der Waals surface area contributed by atoms with Gasteiger partial charge in [0, 0.05) is 42.8 Å². The Morgan fingerprint density at radius 3 is 2.21 bits per heavy atom. The summed E-state index contributed by atoms with van der Waals surface area (Å²) in [4.78, 5) is 18.0. The minimum Gasteiger partial charge on any atom is -0.372 e. The Labute approximate surface area is 169 Å². The molecule has 0 aliphatic carbocycles. The average molecular weight is 389 g/mol. The second kappa shape index (κ2) is 8.55. The van der Waals surface area contributed by atoms with Crippen LogP contribution in [0.25, 0.3) is 0 Å². The first-order valence-electron chi connectivity index (χ1n) is 9.62. The van der Waals surface area contributed by atoms with E-state index in [0.717, 1.165) is 30.2 Å². The van der Waals surface area contributed by atoms with Crippen molar-refractivity contribution >= 4 is 40.4 Å². The molecule has 0 spiro atoms. The molecule has 2 heterocycles. The van der Waals surface area contributed by atoms with E-state index in [4.69, 9.17) is 0 Å². The number of hydrogen-bond acceptors (Lipinski definition) is 7. The van der Waals surface area contributed by atoms with Gasteiger partial charge in [0.05, 0.1) is 6.20 Å². The number of carbonyl (C=O) groups is 1. The SMILES string of the molecule is CC(=O)Nc1ccc(Nc2cnnc(Nc3ccc(N4CCCC4)cc3)n2)cc1. The quantitative estimate of drug-likeness (QED) is 0.588. The number of anilines is 6. The monoisotopic (exact) mass is 389 g/mol. The molecule has 0 saturated carbocycles. The molecule has 1 aromatic heterocycles. The molecule has 1 saturated heterocycles. The molecule has 0 radical (unpaired) electrons. The summed E-state index contributed by atoms with van der Waals surface area (Å²) in [5, 5.41) is 17.2. The van der Waals surface area contributed by atoms with Crippen molar-refractivity contribution in [2.75, 3.05) is 33.9 Å². The van der Waals surface area contributed by atoms with Gasteiger partial charge in [0.15, 0.2) is 5.82 Å². The van der Waals surface area contributed by atoms with E-state index >= 15 is 0 Å². The highest BCUT2D eigenvalue weighted by Crippen LogP contribution is 2.23. The summed E-state index contributed by atoms with van der Waals surface area (Å²) in [6, 6.07) is 15.6. The molecule has 1 amide bonds. The number of hydrogen-bond donors (Lipinski definition) is 3.